The number of rotatable bonds is 2. The Bertz CT molecular complexity index is 456. The van der Waals surface area contributed by atoms with Crippen LogP contribution in [0.2, 0.25) is 5.02 Å². The third-order valence-corrected chi connectivity index (χ3v) is 4.44. The fraction of sp³-hybridized carbons (Fsp3) is 0.533. The molecule has 1 unspecified atom stereocenters. The van der Waals surface area contributed by atoms with Crippen LogP contribution in [0.1, 0.15) is 43.7 Å². The van der Waals surface area contributed by atoms with E-state index in [0.717, 1.165) is 5.02 Å². The lowest BCUT2D eigenvalue weighted by atomic mass is 9.95. The van der Waals surface area contributed by atoms with Crippen LogP contribution in [0.15, 0.2) is 24.3 Å². The van der Waals surface area contributed by atoms with Crippen molar-refractivity contribution >= 4 is 11.6 Å². The highest BCUT2D eigenvalue weighted by Crippen LogP contribution is 2.47. The monoisotopic (exact) mass is 260 g/mol. The average Bonchev–Trinajstić information content (AvgIpc) is 3.15. The first-order valence-electron chi connectivity index (χ1n) is 6.74. The number of hydrogen-bond donors (Lipinski definition) is 0. The molecule has 2 aliphatic rings. The summed E-state index contributed by atoms with van der Waals surface area (Å²) in [4.78, 5) is 2.39. The van der Waals surface area contributed by atoms with Gasteiger partial charge < -0.3 is 0 Å². The molecule has 1 aromatic carbocycles. The minimum absolute atomic E-state index is 0.0780. The molecule has 0 aromatic heterocycles. The Hall–Kier alpha value is -1.04. The number of hydrogen-bond acceptors (Lipinski definition) is 2. The SMILES string of the molecule is N#C[C@@H]1[C@H](c2ccc(Cl)cc2)N1C1CCCCC1. The van der Waals surface area contributed by atoms with Gasteiger partial charge in [-0.3, -0.25) is 4.90 Å². The smallest absolute Gasteiger partial charge is 0.119 e. The first kappa shape index (κ1) is 12.0. The zero-order chi connectivity index (χ0) is 12.5. The summed E-state index contributed by atoms with van der Waals surface area (Å²) < 4.78 is 0. The van der Waals surface area contributed by atoms with Gasteiger partial charge in [0.25, 0.3) is 0 Å². The van der Waals surface area contributed by atoms with E-state index in [2.05, 4.69) is 23.1 Å². The summed E-state index contributed by atoms with van der Waals surface area (Å²) >= 11 is 5.91. The van der Waals surface area contributed by atoms with Gasteiger partial charge in [-0.2, -0.15) is 5.26 Å². The largest absolute Gasteiger partial charge is 0.274 e. The van der Waals surface area contributed by atoms with Crippen LogP contribution in [-0.2, 0) is 0 Å². The molecule has 3 atom stereocenters. The Morgan fingerprint density at radius 2 is 1.78 bits per heavy atom. The van der Waals surface area contributed by atoms with E-state index < -0.39 is 0 Å². The van der Waals surface area contributed by atoms with Gasteiger partial charge >= 0.3 is 0 Å². The summed E-state index contributed by atoms with van der Waals surface area (Å²) in [5, 5.41) is 10.0. The van der Waals surface area contributed by atoms with Crippen LogP contribution in [-0.4, -0.2) is 17.0 Å². The number of nitriles is 1. The van der Waals surface area contributed by atoms with Crippen molar-refractivity contribution in [1.82, 2.24) is 4.90 Å². The van der Waals surface area contributed by atoms with Gasteiger partial charge in [-0.05, 0) is 30.5 Å². The molecule has 1 heterocycles. The third kappa shape index (κ3) is 2.13. The van der Waals surface area contributed by atoms with Crippen LogP contribution in [0.25, 0.3) is 0 Å². The fourth-order valence-electron chi connectivity index (χ4n) is 3.23. The van der Waals surface area contributed by atoms with Crippen molar-refractivity contribution in [2.24, 2.45) is 0 Å². The van der Waals surface area contributed by atoms with E-state index in [9.17, 15) is 5.26 Å². The predicted molar refractivity (Wildman–Crippen MR) is 72.3 cm³/mol. The fourth-order valence-corrected chi connectivity index (χ4v) is 3.36. The maximum atomic E-state index is 9.28. The highest BCUT2D eigenvalue weighted by molar-refractivity contribution is 6.30. The lowest BCUT2D eigenvalue weighted by molar-refractivity contribution is 0.276. The summed E-state index contributed by atoms with van der Waals surface area (Å²) in [5.41, 5.74) is 1.23. The highest BCUT2D eigenvalue weighted by atomic mass is 35.5. The second-order valence-electron chi connectivity index (χ2n) is 5.31. The Balaban J connectivity index is 1.76. The van der Waals surface area contributed by atoms with E-state index in [-0.39, 0.29) is 6.04 Å². The molecular weight excluding hydrogens is 244 g/mol. The molecule has 2 fully saturated rings. The Morgan fingerprint density at radius 1 is 1.11 bits per heavy atom. The average molecular weight is 261 g/mol. The minimum Gasteiger partial charge on any atom is -0.274 e. The van der Waals surface area contributed by atoms with Crippen LogP contribution in [0, 0.1) is 11.3 Å². The molecule has 18 heavy (non-hydrogen) atoms. The topological polar surface area (TPSA) is 26.8 Å². The molecule has 1 aromatic rings. The van der Waals surface area contributed by atoms with Crippen LogP contribution < -0.4 is 0 Å². The molecule has 1 aliphatic carbocycles. The van der Waals surface area contributed by atoms with Gasteiger partial charge in [0, 0.05) is 11.1 Å². The molecule has 1 saturated carbocycles. The second kappa shape index (κ2) is 4.91. The maximum Gasteiger partial charge on any atom is 0.119 e. The molecule has 0 bridgehead atoms. The van der Waals surface area contributed by atoms with Crippen LogP contribution >= 0.6 is 11.6 Å². The number of nitrogens with zero attached hydrogens (tertiary/aromatic N) is 2. The summed E-state index contributed by atoms with van der Waals surface area (Å²) in [7, 11) is 0. The zero-order valence-corrected chi connectivity index (χ0v) is 11.1. The third-order valence-electron chi connectivity index (χ3n) is 4.19. The minimum atomic E-state index is 0.0780. The Morgan fingerprint density at radius 3 is 2.39 bits per heavy atom. The summed E-state index contributed by atoms with van der Waals surface area (Å²) in [6.45, 7) is 0. The van der Waals surface area contributed by atoms with E-state index >= 15 is 0 Å². The van der Waals surface area contributed by atoms with Crippen molar-refractivity contribution in [1.29, 1.82) is 5.26 Å². The lowest BCUT2D eigenvalue weighted by Crippen LogP contribution is -2.23. The van der Waals surface area contributed by atoms with Crippen molar-refractivity contribution in [3.8, 4) is 6.07 Å². The predicted octanol–water partition coefficient (Wildman–Crippen LogP) is 3.92. The standard InChI is InChI=1S/C15H17ClN2/c16-12-8-6-11(7-9-12)15-14(10-17)18(15)13-4-2-1-3-5-13/h6-9,13-15H,1-5H2/t14-,15+,18?/m1/s1. The molecule has 2 nitrogen and oxygen atoms in total. The first-order chi connectivity index (χ1) is 8.81. The molecule has 0 spiro atoms. The van der Waals surface area contributed by atoms with Gasteiger partial charge in [0.2, 0.25) is 0 Å². The van der Waals surface area contributed by atoms with Crippen LogP contribution in [0.5, 0.6) is 0 Å². The van der Waals surface area contributed by atoms with E-state index in [0.29, 0.717) is 12.1 Å². The maximum absolute atomic E-state index is 9.28. The molecule has 94 valence electrons. The van der Waals surface area contributed by atoms with Crippen LogP contribution in [0.4, 0.5) is 0 Å². The highest BCUT2D eigenvalue weighted by Gasteiger charge is 2.52. The molecule has 1 saturated heterocycles. The van der Waals surface area contributed by atoms with Crippen molar-refractivity contribution in [2.45, 2.75) is 50.2 Å². The summed E-state index contributed by atoms with van der Waals surface area (Å²) in [6, 6.07) is 11.4. The van der Waals surface area contributed by atoms with E-state index in [1.54, 1.807) is 0 Å². The Labute approximate surface area is 113 Å². The molecule has 1 aliphatic heterocycles. The molecule has 3 heteroatoms. The van der Waals surface area contributed by atoms with Gasteiger partial charge in [0.05, 0.1) is 12.1 Å². The normalized spacial score (nSPS) is 31.9. The van der Waals surface area contributed by atoms with Gasteiger partial charge in [-0.25, -0.2) is 0 Å². The van der Waals surface area contributed by atoms with E-state index in [1.165, 1.54) is 37.7 Å². The van der Waals surface area contributed by atoms with Crippen molar-refractivity contribution in [3.05, 3.63) is 34.9 Å². The van der Waals surface area contributed by atoms with Crippen molar-refractivity contribution in [3.63, 3.8) is 0 Å². The molecule has 0 N–H and O–H groups in total. The van der Waals surface area contributed by atoms with Crippen molar-refractivity contribution < 1.29 is 0 Å². The second-order valence-corrected chi connectivity index (χ2v) is 5.75. The Kier molecular flexibility index (Phi) is 3.28. The molecular formula is C15H17ClN2. The molecule has 3 rings (SSSR count). The lowest BCUT2D eigenvalue weighted by Gasteiger charge is -2.23. The molecule has 0 amide bonds. The van der Waals surface area contributed by atoms with E-state index in [1.807, 2.05) is 12.1 Å². The van der Waals surface area contributed by atoms with E-state index in [4.69, 9.17) is 11.6 Å². The van der Waals surface area contributed by atoms with Gasteiger partial charge in [-0.15, -0.1) is 0 Å². The molecule has 0 radical (unpaired) electrons. The number of halogens is 1. The quantitative estimate of drug-likeness (QED) is 0.754. The summed E-state index contributed by atoms with van der Waals surface area (Å²) in [5.74, 6) is 0. The summed E-state index contributed by atoms with van der Waals surface area (Å²) in [6.07, 6.45) is 6.48. The van der Waals surface area contributed by atoms with Gasteiger partial charge in [-0.1, -0.05) is 43.0 Å². The van der Waals surface area contributed by atoms with Gasteiger partial charge in [0.15, 0.2) is 0 Å². The number of benzene rings is 1. The van der Waals surface area contributed by atoms with Crippen molar-refractivity contribution in [2.75, 3.05) is 0 Å². The van der Waals surface area contributed by atoms with Gasteiger partial charge in [0.1, 0.15) is 6.04 Å². The first-order valence-corrected chi connectivity index (χ1v) is 7.11. The zero-order valence-electron chi connectivity index (χ0n) is 10.3. The van der Waals surface area contributed by atoms with Crippen LogP contribution in [0.3, 0.4) is 0 Å².